The molecule has 0 bridgehead atoms. The number of benzene rings is 1. The van der Waals surface area contributed by atoms with Crippen molar-refractivity contribution in [3.8, 4) is 11.4 Å². The van der Waals surface area contributed by atoms with Crippen LogP contribution in [0.25, 0.3) is 11.4 Å². The topological polar surface area (TPSA) is 51.0 Å². The van der Waals surface area contributed by atoms with Crippen LogP contribution in [0, 0.1) is 0 Å². The minimum atomic E-state index is -0.136. The molecule has 2 aliphatic rings. The average Bonchev–Trinajstić information content (AvgIpc) is 3.47. The normalized spacial score (nSPS) is 18.9. The Morgan fingerprint density at radius 3 is 2.27 bits per heavy atom. The van der Waals surface area contributed by atoms with E-state index in [1.165, 1.54) is 18.4 Å². The third-order valence-corrected chi connectivity index (χ3v) is 7.46. The lowest BCUT2D eigenvalue weighted by molar-refractivity contribution is -0.129. The summed E-state index contributed by atoms with van der Waals surface area (Å²) in [5.74, 6) is 1.17. The first-order chi connectivity index (χ1) is 14.3. The molecular formula is C24H34N4OS. The SMILES string of the molecule is C[C@@H](Sc1nnc(-c2ccc(C(C)(C)C)cc2)n1C1CCCC1)C(=O)N1CCCC1. The molecule has 1 saturated carbocycles. The monoisotopic (exact) mass is 426 g/mol. The molecule has 4 rings (SSSR count). The van der Waals surface area contributed by atoms with Crippen LogP contribution in [0.1, 0.15) is 77.8 Å². The summed E-state index contributed by atoms with van der Waals surface area (Å²) in [6.07, 6.45) is 7.06. The zero-order valence-electron chi connectivity index (χ0n) is 18.7. The molecule has 1 aromatic heterocycles. The van der Waals surface area contributed by atoms with E-state index in [1.54, 1.807) is 11.8 Å². The van der Waals surface area contributed by atoms with Crippen LogP contribution >= 0.6 is 11.8 Å². The van der Waals surface area contributed by atoms with E-state index in [0.29, 0.717) is 6.04 Å². The Bertz CT molecular complexity index is 872. The number of carbonyl (C=O) groups excluding carboxylic acids is 1. The smallest absolute Gasteiger partial charge is 0.235 e. The fourth-order valence-corrected chi connectivity index (χ4v) is 5.57. The van der Waals surface area contributed by atoms with Crippen molar-refractivity contribution in [1.82, 2.24) is 19.7 Å². The molecule has 30 heavy (non-hydrogen) atoms. The lowest BCUT2D eigenvalue weighted by Crippen LogP contribution is -2.34. The molecule has 1 aliphatic heterocycles. The summed E-state index contributed by atoms with van der Waals surface area (Å²) in [6.45, 7) is 10.5. The molecule has 1 saturated heterocycles. The second kappa shape index (κ2) is 8.74. The minimum absolute atomic E-state index is 0.129. The molecule has 5 nitrogen and oxygen atoms in total. The summed E-state index contributed by atoms with van der Waals surface area (Å²) in [7, 11) is 0. The van der Waals surface area contributed by atoms with Crippen LogP contribution in [-0.4, -0.2) is 43.9 Å². The van der Waals surface area contributed by atoms with E-state index in [-0.39, 0.29) is 16.6 Å². The molecule has 0 radical (unpaired) electrons. The van der Waals surface area contributed by atoms with Crippen molar-refractivity contribution in [2.75, 3.05) is 13.1 Å². The number of amides is 1. The molecule has 1 aromatic carbocycles. The summed E-state index contributed by atoms with van der Waals surface area (Å²) in [5.41, 5.74) is 2.55. The Kier molecular flexibility index (Phi) is 6.24. The van der Waals surface area contributed by atoms with E-state index in [2.05, 4.69) is 59.8 Å². The van der Waals surface area contributed by atoms with Crippen molar-refractivity contribution >= 4 is 17.7 Å². The van der Waals surface area contributed by atoms with Crippen molar-refractivity contribution in [3.63, 3.8) is 0 Å². The maximum Gasteiger partial charge on any atom is 0.235 e. The summed E-state index contributed by atoms with van der Waals surface area (Å²) >= 11 is 1.57. The first-order valence-corrected chi connectivity index (χ1v) is 12.2. The van der Waals surface area contributed by atoms with Gasteiger partial charge in [0.1, 0.15) is 0 Å². The lowest BCUT2D eigenvalue weighted by atomic mass is 9.86. The van der Waals surface area contributed by atoms with E-state index in [4.69, 9.17) is 0 Å². The van der Waals surface area contributed by atoms with Crippen molar-refractivity contribution in [2.45, 2.75) is 88.1 Å². The largest absolute Gasteiger partial charge is 0.342 e. The molecule has 0 N–H and O–H groups in total. The number of thioether (sulfide) groups is 1. The Balaban J connectivity index is 1.62. The number of carbonyl (C=O) groups is 1. The molecular weight excluding hydrogens is 392 g/mol. The van der Waals surface area contributed by atoms with Crippen LogP contribution < -0.4 is 0 Å². The fourth-order valence-electron chi connectivity index (χ4n) is 4.57. The molecule has 1 atom stereocenters. The van der Waals surface area contributed by atoms with Crippen molar-refractivity contribution in [2.24, 2.45) is 0 Å². The quantitative estimate of drug-likeness (QED) is 0.596. The predicted octanol–water partition coefficient (Wildman–Crippen LogP) is 5.46. The number of hydrogen-bond acceptors (Lipinski definition) is 4. The standard InChI is InChI=1S/C24H34N4OS/c1-17(22(29)27-15-7-8-16-27)30-23-26-25-21(28(23)20-9-5-6-10-20)18-11-13-19(14-12-18)24(2,3)4/h11-14,17,20H,5-10,15-16H2,1-4H3/t17-/m1/s1. The first kappa shape index (κ1) is 21.4. The third kappa shape index (κ3) is 4.43. The van der Waals surface area contributed by atoms with Gasteiger partial charge in [0.25, 0.3) is 0 Å². The van der Waals surface area contributed by atoms with Gasteiger partial charge in [-0.25, -0.2) is 0 Å². The van der Waals surface area contributed by atoms with Gasteiger partial charge >= 0.3 is 0 Å². The summed E-state index contributed by atoms with van der Waals surface area (Å²) < 4.78 is 2.32. The van der Waals surface area contributed by atoms with Crippen LogP contribution in [-0.2, 0) is 10.2 Å². The van der Waals surface area contributed by atoms with Gasteiger partial charge in [0, 0.05) is 24.7 Å². The van der Waals surface area contributed by atoms with Gasteiger partial charge in [0.15, 0.2) is 11.0 Å². The second-order valence-corrected chi connectivity index (χ2v) is 11.0. The average molecular weight is 427 g/mol. The second-order valence-electron chi connectivity index (χ2n) is 9.73. The van der Waals surface area contributed by atoms with E-state index in [0.717, 1.165) is 55.3 Å². The highest BCUT2D eigenvalue weighted by Gasteiger charge is 2.29. The maximum atomic E-state index is 12.8. The van der Waals surface area contributed by atoms with E-state index in [1.807, 2.05) is 11.8 Å². The molecule has 0 unspecified atom stereocenters. The Labute approximate surface area is 184 Å². The number of nitrogens with zero attached hydrogens (tertiary/aromatic N) is 4. The fraction of sp³-hybridized carbons (Fsp3) is 0.625. The Morgan fingerprint density at radius 2 is 1.67 bits per heavy atom. The van der Waals surface area contributed by atoms with Gasteiger partial charge in [-0.15, -0.1) is 10.2 Å². The zero-order chi connectivity index (χ0) is 21.3. The number of hydrogen-bond donors (Lipinski definition) is 0. The molecule has 6 heteroatoms. The summed E-state index contributed by atoms with van der Waals surface area (Å²) in [5, 5.41) is 9.91. The summed E-state index contributed by atoms with van der Waals surface area (Å²) in [6, 6.07) is 9.17. The van der Waals surface area contributed by atoms with Gasteiger partial charge in [0.05, 0.1) is 5.25 Å². The van der Waals surface area contributed by atoms with Crippen LogP contribution in [0.5, 0.6) is 0 Å². The minimum Gasteiger partial charge on any atom is -0.342 e. The van der Waals surface area contributed by atoms with Gasteiger partial charge in [0.2, 0.25) is 5.91 Å². The van der Waals surface area contributed by atoms with Gasteiger partial charge in [-0.05, 0) is 43.6 Å². The van der Waals surface area contributed by atoms with Gasteiger partial charge in [-0.3, -0.25) is 9.36 Å². The molecule has 2 heterocycles. The molecule has 1 aliphatic carbocycles. The summed E-state index contributed by atoms with van der Waals surface area (Å²) in [4.78, 5) is 14.8. The van der Waals surface area contributed by atoms with E-state index < -0.39 is 0 Å². The van der Waals surface area contributed by atoms with E-state index >= 15 is 0 Å². The lowest BCUT2D eigenvalue weighted by Gasteiger charge is -2.22. The van der Waals surface area contributed by atoms with Gasteiger partial charge < -0.3 is 4.90 Å². The number of rotatable bonds is 5. The van der Waals surface area contributed by atoms with Crippen LogP contribution in [0.15, 0.2) is 29.4 Å². The highest BCUT2D eigenvalue weighted by Crippen LogP contribution is 2.38. The van der Waals surface area contributed by atoms with Crippen LogP contribution in [0.2, 0.25) is 0 Å². The maximum absolute atomic E-state index is 12.8. The molecule has 0 spiro atoms. The molecule has 162 valence electrons. The number of likely N-dealkylation sites (tertiary alicyclic amines) is 1. The predicted molar refractivity (Wildman–Crippen MR) is 123 cm³/mol. The first-order valence-electron chi connectivity index (χ1n) is 11.4. The van der Waals surface area contributed by atoms with Crippen molar-refractivity contribution in [3.05, 3.63) is 29.8 Å². The van der Waals surface area contributed by atoms with Crippen molar-refractivity contribution < 1.29 is 4.79 Å². The Hall–Kier alpha value is -1.82. The third-order valence-electron chi connectivity index (χ3n) is 6.41. The molecule has 1 amide bonds. The number of aromatic nitrogens is 3. The van der Waals surface area contributed by atoms with E-state index in [9.17, 15) is 4.79 Å². The van der Waals surface area contributed by atoms with Gasteiger partial charge in [-0.2, -0.15) is 0 Å². The highest BCUT2D eigenvalue weighted by molar-refractivity contribution is 8.00. The van der Waals surface area contributed by atoms with Crippen LogP contribution in [0.3, 0.4) is 0 Å². The molecule has 2 aromatic rings. The van der Waals surface area contributed by atoms with Gasteiger partial charge in [-0.1, -0.05) is 69.6 Å². The van der Waals surface area contributed by atoms with Crippen molar-refractivity contribution in [1.29, 1.82) is 0 Å². The Morgan fingerprint density at radius 1 is 1.03 bits per heavy atom. The highest BCUT2D eigenvalue weighted by atomic mass is 32.2. The van der Waals surface area contributed by atoms with Crippen LogP contribution in [0.4, 0.5) is 0 Å². The zero-order valence-corrected chi connectivity index (χ0v) is 19.5. The molecule has 2 fully saturated rings.